The fraction of sp³-hybridized carbons (Fsp3) is 0.517. The Morgan fingerprint density at radius 1 is 1.13 bits per heavy atom. The fourth-order valence-corrected chi connectivity index (χ4v) is 7.46. The number of hydrogen-bond donors (Lipinski definition) is 1. The number of piperazine rings is 1. The molecule has 204 valence electrons. The molecule has 2 aromatic rings. The lowest BCUT2D eigenvalue weighted by Gasteiger charge is -2.44. The fourth-order valence-electron chi connectivity index (χ4n) is 5.21. The maximum atomic E-state index is 13.7. The first-order valence-electron chi connectivity index (χ1n) is 13.2. The number of rotatable bonds is 6. The molecule has 1 saturated heterocycles. The molecule has 1 amide bonds. The predicted molar refractivity (Wildman–Crippen MR) is 150 cm³/mol. The molecule has 2 aliphatic rings. The van der Waals surface area contributed by atoms with Crippen LogP contribution in [-0.4, -0.2) is 48.8 Å². The second-order valence-electron chi connectivity index (χ2n) is 11.2. The zero-order chi connectivity index (χ0) is 27.7. The van der Waals surface area contributed by atoms with Gasteiger partial charge in [-0.15, -0.1) is 11.3 Å². The Labute approximate surface area is 229 Å². The van der Waals surface area contributed by atoms with E-state index >= 15 is 0 Å². The Morgan fingerprint density at radius 3 is 2.37 bits per heavy atom. The molecular formula is C29H36N2O5S2. The molecule has 9 heteroatoms. The van der Waals surface area contributed by atoms with Crippen molar-refractivity contribution in [2.75, 3.05) is 18.0 Å². The number of anilines is 1. The molecule has 1 saturated carbocycles. The maximum absolute atomic E-state index is 13.7. The maximum Gasteiger partial charge on any atom is 0.348 e. The molecule has 1 aliphatic carbocycles. The van der Waals surface area contributed by atoms with Gasteiger partial charge in [-0.2, -0.15) is 4.31 Å². The van der Waals surface area contributed by atoms with Gasteiger partial charge < -0.3 is 10.0 Å². The van der Waals surface area contributed by atoms with Crippen molar-refractivity contribution in [2.24, 2.45) is 11.3 Å². The van der Waals surface area contributed by atoms with Gasteiger partial charge in [0.25, 0.3) is 0 Å². The van der Waals surface area contributed by atoms with Gasteiger partial charge in [-0.3, -0.25) is 4.79 Å². The van der Waals surface area contributed by atoms with E-state index in [1.54, 1.807) is 35.2 Å². The SMILES string of the molecule is CCc1ccc(S(=O)(=O)N2CC(=O)N(c3cc(C#CC(C)(C)C)sc3C(=O)O)[C@H](C3CCCCC3)C2)cc1. The van der Waals surface area contributed by atoms with Crippen LogP contribution in [-0.2, 0) is 21.2 Å². The molecule has 0 unspecified atom stereocenters. The second kappa shape index (κ2) is 11.2. The van der Waals surface area contributed by atoms with E-state index in [9.17, 15) is 23.1 Å². The summed E-state index contributed by atoms with van der Waals surface area (Å²) in [5.41, 5.74) is 1.10. The number of nitrogens with zero attached hydrogens (tertiary/aromatic N) is 2. The molecule has 7 nitrogen and oxygen atoms in total. The Balaban J connectivity index is 1.74. The number of carboxylic acid groups (broad SMARTS) is 1. The van der Waals surface area contributed by atoms with E-state index in [-0.39, 0.29) is 34.2 Å². The van der Waals surface area contributed by atoms with Gasteiger partial charge in [-0.25, -0.2) is 13.2 Å². The number of sulfonamides is 1. The van der Waals surface area contributed by atoms with Crippen LogP contribution in [0.2, 0.25) is 0 Å². The predicted octanol–water partition coefficient (Wildman–Crippen LogP) is 5.39. The van der Waals surface area contributed by atoms with Gasteiger partial charge in [0.15, 0.2) is 0 Å². The largest absolute Gasteiger partial charge is 0.477 e. The first-order valence-corrected chi connectivity index (χ1v) is 15.5. The molecule has 2 heterocycles. The zero-order valence-electron chi connectivity index (χ0n) is 22.5. The van der Waals surface area contributed by atoms with Crippen LogP contribution in [0.15, 0.2) is 35.2 Å². The van der Waals surface area contributed by atoms with Crippen LogP contribution in [0.3, 0.4) is 0 Å². The smallest absolute Gasteiger partial charge is 0.348 e. The topological polar surface area (TPSA) is 95.0 Å². The van der Waals surface area contributed by atoms with Crippen LogP contribution in [0, 0.1) is 23.2 Å². The third-order valence-corrected chi connectivity index (χ3v) is 10.0. The molecule has 38 heavy (non-hydrogen) atoms. The molecular weight excluding hydrogens is 520 g/mol. The summed E-state index contributed by atoms with van der Waals surface area (Å²) in [5, 5.41) is 10.0. The molecule has 1 N–H and O–H groups in total. The highest BCUT2D eigenvalue weighted by atomic mass is 32.2. The van der Waals surface area contributed by atoms with Crippen LogP contribution in [0.1, 0.15) is 79.9 Å². The highest BCUT2D eigenvalue weighted by Gasteiger charge is 2.44. The average Bonchev–Trinajstić information content (AvgIpc) is 3.31. The molecule has 0 radical (unpaired) electrons. The summed E-state index contributed by atoms with van der Waals surface area (Å²) >= 11 is 1.06. The van der Waals surface area contributed by atoms with Crippen molar-refractivity contribution in [1.82, 2.24) is 4.31 Å². The van der Waals surface area contributed by atoms with Crippen molar-refractivity contribution in [3.63, 3.8) is 0 Å². The van der Waals surface area contributed by atoms with Crippen molar-refractivity contribution >= 4 is 38.9 Å². The normalized spacial score (nSPS) is 19.7. The van der Waals surface area contributed by atoms with Crippen molar-refractivity contribution in [3.05, 3.63) is 45.6 Å². The monoisotopic (exact) mass is 556 g/mol. The second-order valence-corrected chi connectivity index (χ2v) is 14.1. The number of thiophene rings is 1. The molecule has 1 aromatic carbocycles. The van der Waals surface area contributed by atoms with E-state index < -0.39 is 27.9 Å². The van der Waals surface area contributed by atoms with E-state index in [2.05, 4.69) is 11.8 Å². The van der Waals surface area contributed by atoms with Crippen molar-refractivity contribution in [1.29, 1.82) is 0 Å². The van der Waals surface area contributed by atoms with E-state index in [1.807, 2.05) is 27.7 Å². The van der Waals surface area contributed by atoms with Crippen LogP contribution in [0.25, 0.3) is 0 Å². The van der Waals surface area contributed by atoms with E-state index in [4.69, 9.17) is 0 Å². The number of hydrogen-bond acceptors (Lipinski definition) is 5. The minimum absolute atomic E-state index is 0.0591. The van der Waals surface area contributed by atoms with Gasteiger partial charge in [-0.05, 0) is 69.7 Å². The highest BCUT2D eigenvalue weighted by molar-refractivity contribution is 7.89. The lowest BCUT2D eigenvalue weighted by molar-refractivity contribution is -0.121. The van der Waals surface area contributed by atoms with Crippen LogP contribution in [0.4, 0.5) is 5.69 Å². The average molecular weight is 557 g/mol. The van der Waals surface area contributed by atoms with Gasteiger partial charge in [-0.1, -0.05) is 50.2 Å². The first kappa shape index (κ1) is 28.3. The van der Waals surface area contributed by atoms with Crippen LogP contribution >= 0.6 is 11.3 Å². The molecule has 1 aromatic heterocycles. The Morgan fingerprint density at radius 2 is 1.79 bits per heavy atom. The quantitative estimate of drug-likeness (QED) is 0.481. The van der Waals surface area contributed by atoms with Crippen molar-refractivity contribution in [3.8, 4) is 11.8 Å². The molecule has 0 spiro atoms. The number of carbonyl (C=O) groups is 2. The van der Waals surface area contributed by atoms with Gasteiger partial charge in [0.1, 0.15) is 4.88 Å². The zero-order valence-corrected chi connectivity index (χ0v) is 24.1. The van der Waals surface area contributed by atoms with Gasteiger partial charge in [0.05, 0.1) is 28.0 Å². The van der Waals surface area contributed by atoms with E-state index in [0.29, 0.717) is 10.6 Å². The third kappa shape index (κ3) is 6.14. The number of benzene rings is 1. The van der Waals surface area contributed by atoms with Gasteiger partial charge >= 0.3 is 5.97 Å². The van der Waals surface area contributed by atoms with E-state index in [1.165, 1.54) is 4.31 Å². The first-order chi connectivity index (χ1) is 17.9. The highest BCUT2D eigenvalue weighted by Crippen LogP contribution is 2.39. The van der Waals surface area contributed by atoms with Gasteiger partial charge in [0.2, 0.25) is 15.9 Å². The molecule has 2 fully saturated rings. The number of aromatic carboxylic acids is 1. The lowest BCUT2D eigenvalue weighted by Crippen LogP contribution is -2.60. The molecule has 4 rings (SSSR count). The summed E-state index contributed by atoms with van der Waals surface area (Å²) in [7, 11) is -3.89. The minimum atomic E-state index is -3.89. The van der Waals surface area contributed by atoms with Crippen molar-refractivity contribution in [2.45, 2.75) is 77.2 Å². The summed E-state index contributed by atoms with van der Waals surface area (Å²) in [5.74, 6) is 4.77. The standard InChI is InChI=1S/C29H36N2O5S2/c1-5-20-11-13-23(14-12-20)38(35,36)30-18-25(21-9-7-6-8-10-21)31(26(32)19-30)24-17-22(15-16-29(2,3)4)37-27(24)28(33)34/h11-14,17,21,25H,5-10,18-19H2,1-4H3,(H,33,34)/t25-/m0/s1. The Kier molecular flexibility index (Phi) is 8.36. The molecule has 1 aliphatic heterocycles. The van der Waals surface area contributed by atoms with E-state index in [0.717, 1.165) is 55.4 Å². The number of amides is 1. The summed E-state index contributed by atoms with van der Waals surface area (Å²) in [6, 6.07) is 8.04. The third-order valence-electron chi connectivity index (χ3n) is 7.19. The summed E-state index contributed by atoms with van der Waals surface area (Å²) in [6.45, 7) is 7.73. The number of carbonyl (C=O) groups excluding carboxylic acids is 1. The number of aryl methyl sites for hydroxylation is 1. The van der Waals surface area contributed by atoms with Crippen LogP contribution in [0.5, 0.6) is 0 Å². The number of carboxylic acids is 1. The van der Waals surface area contributed by atoms with Crippen LogP contribution < -0.4 is 4.90 Å². The molecule has 1 atom stereocenters. The lowest BCUT2D eigenvalue weighted by atomic mass is 9.82. The Bertz CT molecular complexity index is 1350. The summed E-state index contributed by atoms with van der Waals surface area (Å²) in [6.07, 6.45) is 5.66. The summed E-state index contributed by atoms with van der Waals surface area (Å²) < 4.78 is 28.5. The molecule has 0 bridgehead atoms. The summed E-state index contributed by atoms with van der Waals surface area (Å²) in [4.78, 5) is 28.4. The minimum Gasteiger partial charge on any atom is -0.477 e. The van der Waals surface area contributed by atoms with Crippen molar-refractivity contribution < 1.29 is 23.1 Å². The Hall–Kier alpha value is -2.67. The van der Waals surface area contributed by atoms with Gasteiger partial charge in [0, 0.05) is 12.0 Å².